The number of rotatable bonds is 6. The summed E-state index contributed by atoms with van der Waals surface area (Å²) in [5.41, 5.74) is 9.72. The average molecular weight is 447 g/mol. The van der Waals surface area contributed by atoms with Crippen LogP contribution in [0.25, 0.3) is 33.5 Å². The number of benzene rings is 3. The lowest BCUT2D eigenvalue weighted by Crippen LogP contribution is -2.14. The predicted molar refractivity (Wildman–Crippen MR) is 136 cm³/mol. The number of nitrogens with one attached hydrogen (secondary N) is 2. The van der Waals surface area contributed by atoms with Crippen LogP contribution in [0.2, 0.25) is 0 Å². The van der Waals surface area contributed by atoms with Crippen molar-refractivity contribution in [3.05, 3.63) is 108 Å². The number of nitrogens with two attached hydrogens (primary N) is 1. The maximum atomic E-state index is 12.8. The average Bonchev–Trinajstić information content (AvgIpc) is 3.25. The fourth-order valence-electron chi connectivity index (χ4n) is 4.11. The van der Waals surface area contributed by atoms with Gasteiger partial charge in [-0.15, -0.1) is 0 Å². The van der Waals surface area contributed by atoms with Gasteiger partial charge in [-0.3, -0.25) is 9.59 Å². The molecule has 0 unspecified atom stereocenters. The number of aromatic amines is 1. The Kier molecular flexibility index (Phi) is 5.62. The number of hydrogen-bond acceptors (Lipinski definition) is 3. The van der Waals surface area contributed by atoms with Crippen LogP contribution in [0.4, 0.5) is 5.69 Å². The number of carbonyl (C=O) groups is 2. The summed E-state index contributed by atoms with van der Waals surface area (Å²) >= 11 is 0. The molecule has 0 saturated carbocycles. The first kappa shape index (κ1) is 21.2. The highest BCUT2D eigenvalue weighted by molar-refractivity contribution is 6.24. The first-order chi connectivity index (χ1) is 16.6. The van der Waals surface area contributed by atoms with Gasteiger partial charge in [0.1, 0.15) is 5.65 Å². The van der Waals surface area contributed by atoms with E-state index in [-0.39, 0.29) is 12.3 Å². The Morgan fingerprint density at radius 3 is 2.53 bits per heavy atom. The van der Waals surface area contributed by atoms with Crippen LogP contribution in [-0.4, -0.2) is 21.8 Å². The van der Waals surface area contributed by atoms with Crippen LogP contribution < -0.4 is 11.1 Å². The predicted octanol–water partition coefficient (Wildman–Crippen LogP) is 4.92. The van der Waals surface area contributed by atoms with Crippen molar-refractivity contribution in [3.63, 3.8) is 0 Å². The zero-order chi connectivity index (χ0) is 23.5. The lowest BCUT2D eigenvalue weighted by atomic mass is 10.0. The van der Waals surface area contributed by atoms with Crippen molar-refractivity contribution in [1.82, 2.24) is 9.97 Å². The summed E-state index contributed by atoms with van der Waals surface area (Å²) in [6.07, 6.45) is 5.36. The minimum atomic E-state index is -0.520. The molecule has 4 N–H and O–H groups in total. The number of carbonyl (C=O) groups excluding carboxylic acids is 2. The molecular formula is C28H22N4O2. The van der Waals surface area contributed by atoms with Gasteiger partial charge in [-0.1, -0.05) is 72.8 Å². The second-order valence-electron chi connectivity index (χ2n) is 8.02. The molecule has 6 nitrogen and oxygen atoms in total. The SMILES string of the molecule is NC(=O)C(=Cc1c[nH]c2ncc(NC(=O)Cc3cccc4ccccc34)cc12)c1ccccc1. The molecular weight excluding hydrogens is 424 g/mol. The van der Waals surface area contributed by atoms with Crippen LogP contribution in [0.15, 0.2) is 91.3 Å². The summed E-state index contributed by atoms with van der Waals surface area (Å²) in [5, 5.41) is 5.88. The third-order valence-electron chi connectivity index (χ3n) is 5.73. The number of H-pyrrole nitrogens is 1. The summed E-state index contributed by atoms with van der Waals surface area (Å²) in [6.45, 7) is 0. The molecule has 2 amide bonds. The standard InChI is InChI=1S/C28H22N4O2/c29-27(34)24(19-7-2-1-3-8-19)13-21-16-30-28-25(21)15-22(17-31-28)32-26(33)14-20-11-6-10-18-9-4-5-12-23(18)20/h1-13,15-17H,14H2,(H2,29,34)(H,30,31)(H,32,33). The molecule has 2 heterocycles. The summed E-state index contributed by atoms with van der Waals surface area (Å²) in [7, 11) is 0. The second-order valence-corrected chi connectivity index (χ2v) is 8.02. The molecule has 0 spiro atoms. The molecule has 0 fully saturated rings. The van der Waals surface area contributed by atoms with Crippen molar-refractivity contribution < 1.29 is 9.59 Å². The Morgan fingerprint density at radius 2 is 1.71 bits per heavy atom. The molecule has 0 saturated heterocycles. The van der Waals surface area contributed by atoms with E-state index in [1.54, 1.807) is 18.5 Å². The van der Waals surface area contributed by atoms with Gasteiger partial charge in [0.2, 0.25) is 11.8 Å². The van der Waals surface area contributed by atoms with Gasteiger partial charge in [0, 0.05) is 22.7 Å². The van der Waals surface area contributed by atoms with Crippen LogP contribution in [0, 0.1) is 0 Å². The van der Waals surface area contributed by atoms with E-state index in [0.717, 1.165) is 32.8 Å². The summed E-state index contributed by atoms with van der Waals surface area (Å²) in [6, 6.07) is 25.1. The smallest absolute Gasteiger partial charge is 0.249 e. The molecule has 34 heavy (non-hydrogen) atoms. The van der Waals surface area contributed by atoms with Gasteiger partial charge in [-0.2, -0.15) is 0 Å². The molecule has 6 heteroatoms. The lowest BCUT2D eigenvalue weighted by molar-refractivity contribution is -0.115. The van der Waals surface area contributed by atoms with E-state index in [1.807, 2.05) is 78.9 Å². The van der Waals surface area contributed by atoms with E-state index in [9.17, 15) is 9.59 Å². The van der Waals surface area contributed by atoms with Crippen molar-refractivity contribution in [2.45, 2.75) is 6.42 Å². The monoisotopic (exact) mass is 446 g/mol. The third-order valence-corrected chi connectivity index (χ3v) is 5.73. The number of fused-ring (bicyclic) bond motifs is 2. The molecule has 0 aliphatic carbocycles. The van der Waals surface area contributed by atoms with Gasteiger partial charge in [0.15, 0.2) is 0 Å². The summed E-state index contributed by atoms with van der Waals surface area (Å²) in [5.74, 6) is -0.653. The number of hydrogen-bond donors (Lipinski definition) is 3. The van der Waals surface area contributed by atoms with Gasteiger partial charge < -0.3 is 16.0 Å². The van der Waals surface area contributed by atoms with E-state index in [2.05, 4.69) is 15.3 Å². The normalized spacial score (nSPS) is 11.6. The maximum absolute atomic E-state index is 12.8. The highest BCUT2D eigenvalue weighted by atomic mass is 16.2. The molecule has 0 aliphatic heterocycles. The zero-order valence-corrected chi connectivity index (χ0v) is 18.3. The van der Waals surface area contributed by atoms with Crippen molar-refractivity contribution in [2.75, 3.05) is 5.32 Å². The minimum absolute atomic E-state index is 0.132. The summed E-state index contributed by atoms with van der Waals surface area (Å²) < 4.78 is 0. The van der Waals surface area contributed by atoms with E-state index in [0.29, 0.717) is 16.9 Å². The summed E-state index contributed by atoms with van der Waals surface area (Å²) in [4.78, 5) is 32.5. The Balaban J connectivity index is 1.43. The van der Waals surface area contributed by atoms with Gasteiger partial charge >= 0.3 is 0 Å². The van der Waals surface area contributed by atoms with Gasteiger partial charge in [-0.05, 0) is 34.0 Å². The van der Waals surface area contributed by atoms with Gasteiger partial charge in [-0.25, -0.2) is 4.98 Å². The number of pyridine rings is 1. The largest absolute Gasteiger partial charge is 0.366 e. The molecule has 0 radical (unpaired) electrons. The van der Waals surface area contributed by atoms with Crippen molar-refractivity contribution in [2.24, 2.45) is 5.73 Å². The first-order valence-corrected chi connectivity index (χ1v) is 10.9. The zero-order valence-electron chi connectivity index (χ0n) is 18.3. The quantitative estimate of drug-likeness (QED) is 0.323. The number of nitrogens with zero attached hydrogens (tertiary/aromatic N) is 1. The molecule has 0 atom stereocenters. The van der Waals surface area contributed by atoms with Gasteiger partial charge in [0.25, 0.3) is 0 Å². The van der Waals surface area contributed by atoms with E-state index in [4.69, 9.17) is 5.73 Å². The molecule has 3 aromatic carbocycles. The molecule has 0 aliphatic rings. The van der Waals surface area contributed by atoms with E-state index < -0.39 is 5.91 Å². The molecule has 5 rings (SSSR count). The van der Waals surface area contributed by atoms with Crippen LogP contribution in [0.3, 0.4) is 0 Å². The fourth-order valence-corrected chi connectivity index (χ4v) is 4.11. The van der Waals surface area contributed by atoms with Crippen molar-refractivity contribution >= 4 is 51.0 Å². The van der Waals surface area contributed by atoms with Crippen molar-refractivity contribution in [3.8, 4) is 0 Å². The second kappa shape index (κ2) is 9.03. The first-order valence-electron chi connectivity index (χ1n) is 10.9. The minimum Gasteiger partial charge on any atom is -0.366 e. The molecule has 5 aromatic rings. The number of anilines is 1. The van der Waals surface area contributed by atoms with E-state index in [1.165, 1.54) is 0 Å². The lowest BCUT2D eigenvalue weighted by Gasteiger charge is -2.08. The van der Waals surface area contributed by atoms with Crippen LogP contribution in [0.1, 0.15) is 16.7 Å². The highest BCUT2D eigenvalue weighted by Crippen LogP contribution is 2.26. The topological polar surface area (TPSA) is 101 Å². The van der Waals surface area contributed by atoms with Crippen molar-refractivity contribution in [1.29, 1.82) is 0 Å². The van der Waals surface area contributed by atoms with Crippen LogP contribution in [-0.2, 0) is 16.0 Å². The third kappa shape index (κ3) is 4.29. The molecule has 2 aromatic heterocycles. The van der Waals surface area contributed by atoms with Crippen LogP contribution in [0.5, 0.6) is 0 Å². The Labute approximate surface area is 196 Å². The van der Waals surface area contributed by atoms with Crippen LogP contribution >= 0.6 is 0 Å². The van der Waals surface area contributed by atoms with E-state index >= 15 is 0 Å². The Morgan fingerprint density at radius 1 is 0.941 bits per heavy atom. The molecule has 0 bridgehead atoms. The van der Waals surface area contributed by atoms with Gasteiger partial charge in [0.05, 0.1) is 18.3 Å². The fraction of sp³-hybridized carbons (Fsp3) is 0.0357. The Hall–Kier alpha value is -4.71. The highest BCUT2D eigenvalue weighted by Gasteiger charge is 2.12. The molecule has 166 valence electrons. The maximum Gasteiger partial charge on any atom is 0.249 e. The number of aromatic nitrogens is 2. The number of primary amides is 1. The Bertz CT molecular complexity index is 1550. The number of amides is 2.